The molecule has 1 amide bonds. The van der Waals surface area contributed by atoms with Crippen molar-refractivity contribution in [2.75, 3.05) is 5.32 Å². The summed E-state index contributed by atoms with van der Waals surface area (Å²) < 4.78 is 1.67. The van der Waals surface area contributed by atoms with Crippen LogP contribution in [0.5, 0.6) is 0 Å². The summed E-state index contributed by atoms with van der Waals surface area (Å²) in [5, 5.41) is 19.6. The van der Waals surface area contributed by atoms with Crippen LogP contribution in [0.3, 0.4) is 0 Å². The number of carbonyl (C=O) groups is 1. The third kappa shape index (κ3) is 2.91. The Morgan fingerprint density at radius 2 is 1.85 bits per heavy atom. The quantitative estimate of drug-likeness (QED) is 0.439. The lowest BCUT2D eigenvalue weighted by atomic mass is 10.2. The molecule has 4 aromatic rings. The van der Waals surface area contributed by atoms with Gasteiger partial charge in [0.2, 0.25) is 4.96 Å². The van der Waals surface area contributed by atoms with Crippen molar-refractivity contribution in [3.05, 3.63) is 75.7 Å². The Bertz CT molecular complexity index is 1100. The summed E-state index contributed by atoms with van der Waals surface area (Å²) in [6.07, 6.45) is 0. The number of hydrogen-bond donors (Lipinski definition) is 1. The van der Waals surface area contributed by atoms with E-state index >= 15 is 0 Å². The highest BCUT2D eigenvalue weighted by molar-refractivity contribution is 7.15. The van der Waals surface area contributed by atoms with Gasteiger partial charge in [-0.05, 0) is 12.1 Å². The maximum Gasteiger partial charge on any atom is 0.269 e. The molecule has 2 aromatic heterocycles. The number of carbonyl (C=O) groups excluding carboxylic acids is 1. The van der Waals surface area contributed by atoms with Gasteiger partial charge in [-0.2, -0.15) is 4.98 Å². The number of non-ortho nitro benzene ring substituents is 1. The molecule has 128 valence electrons. The minimum atomic E-state index is -0.516. The SMILES string of the molecule is O=C(Nc1nc2scc(-c3ccccc3)n2n1)c1ccc([N+](=O)[O-])cc1. The van der Waals surface area contributed by atoms with E-state index in [1.54, 1.807) is 4.52 Å². The molecule has 0 saturated carbocycles. The molecule has 1 N–H and O–H groups in total. The molecule has 0 unspecified atom stereocenters. The summed E-state index contributed by atoms with van der Waals surface area (Å²) in [6, 6.07) is 15.1. The summed E-state index contributed by atoms with van der Waals surface area (Å²) in [5.74, 6) is -0.253. The van der Waals surface area contributed by atoms with Gasteiger partial charge >= 0.3 is 0 Å². The minimum Gasteiger partial charge on any atom is -0.289 e. The van der Waals surface area contributed by atoms with Gasteiger partial charge in [0.05, 0.1) is 10.6 Å². The standard InChI is InChI=1S/C17H11N5O3S/c23-15(12-6-8-13(9-7-12)22(24)25)18-16-19-17-21(20-16)14(10-26-17)11-4-2-1-3-5-11/h1-10H,(H,18,20,23). The van der Waals surface area contributed by atoms with Crippen LogP contribution in [0.1, 0.15) is 10.4 Å². The Labute approximate surface area is 150 Å². The van der Waals surface area contributed by atoms with Crippen LogP contribution in [0.15, 0.2) is 60.0 Å². The van der Waals surface area contributed by atoms with Crippen molar-refractivity contribution in [1.29, 1.82) is 0 Å². The first-order chi connectivity index (χ1) is 12.6. The zero-order chi connectivity index (χ0) is 18.1. The van der Waals surface area contributed by atoms with Crippen LogP contribution < -0.4 is 5.32 Å². The van der Waals surface area contributed by atoms with Gasteiger partial charge in [-0.15, -0.1) is 16.4 Å². The molecule has 0 aliphatic rings. The summed E-state index contributed by atoms with van der Waals surface area (Å²) in [4.78, 5) is 27.4. The maximum atomic E-state index is 12.3. The molecule has 0 aliphatic heterocycles. The Morgan fingerprint density at radius 3 is 2.54 bits per heavy atom. The zero-order valence-corrected chi connectivity index (χ0v) is 14.0. The van der Waals surface area contributed by atoms with Crippen LogP contribution in [0.2, 0.25) is 0 Å². The molecule has 0 saturated heterocycles. The third-order valence-corrected chi connectivity index (χ3v) is 4.53. The number of amides is 1. The molecule has 0 spiro atoms. The second-order valence-electron chi connectivity index (χ2n) is 5.37. The number of rotatable bonds is 4. The number of fused-ring (bicyclic) bond motifs is 1. The molecular weight excluding hydrogens is 354 g/mol. The van der Waals surface area contributed by atoms with Crippen LogP contribution >= 0.6 is 11.3 Å². The highest BCUT2D eigenvalue weighted by atomic mass is 32.1. The Kier molecular flexibility index (Phi) is 3.90. The van der Waals surface area contributed by atoms with E-state index in [4.69, 9.17) is 0 Å². The topological polar surface area (TPSA) is 102 Å². The van der Waals surface area contributed by atoms with E-state index in [2.05, 4.69) is 15.4 Å². The first-order valence-corrected chi connectivity index (χ1v) is 8.45. The van der Waals surface area contributed by atoms with E-state index in [0.29, 0.717) is 4.96 Å². The minimum absolute atomic E-state index is 0.0744. The first-order valence-electron chi connectivity index (χ1n) is 7.57. The van der Waals surface area contributed by atoms with Crippen molar-refractivity contribution in [1.82, 2.24) is 14.6 Å². The van der Waals surface area contributed by atoms with Gasteiger partial charge in [0.1, 0.15) is 0 Å². The van der Waals surface area contributed by atoms with Gasteiger partial charge in [-0.1, -0.05) is 30.3 Å². The number of nitro benzene ring substituents is 1. The smallest absolute Gasteiger partial charge is 0.269 e. The van der Waals surface area contributed by atoms with Gasteiger partial charge in [0, 0.05) is 28.6 Å². The number of anilines is 1. The lowest BCUT2D eigenvalue weighted by molar-refractivity contribution is -0.384. The number of nitrogens with one attached hydrogen (secondary N) is 1. The van der Waals surface area contributed by atoms with Crippen LogP contribution in [-0.4, -0.2) is 25.4 Å². The van der Waals surface area contributed by atoms with E-state index in [1.807, 2.05) is 35.7 Å². The summed E-state index contributed by atoms with van der Waals surface area (Å²) in [6.45, 7) is 0. The lowest BCUT2D eigenvalue weighted by Crippen LogP contribution is -2.13. The summed E-state index contributed by atoms with van der Waals surface area (Å²) in [5.41, 5.74) is 2.09. The van der Waals surface area contributed by atoms with Crippen LogP contribution in [0.4, 0.5) is 11.6 Å². The van der Waals surface area contributed by atoms with Gasteiger partial charge < -0.3 is 0 Å². The van der Waals surface area contributed by atoms with E-state index in [0.717, 1.165) is 11.3 Å². The highest BCUT2D eigenvalue weighted by Gasteiger charge is 2.15. The Morgan fingerprint density at radius 1 is 1.12 bits per heavy atom. The predicted octanol–water partition coefficient (Wildman–Crippen LogP) is 3.62. The lowest BCUT2D eigenvalue weighted by Gasteiger charge is -2.01. The number of benzene rings is 2. The molecule has 4 rings (SSSR count). The fraction of sp³-hybridized carbons (Fsp3) is 0. The molecule has 26 heavy (non-hydrogen) atoms. The van der Waals surface area contributed by atoms with Crippen molar-refractivity contribution in [3.63, 3.8) is 0 Å². The van der Waals surface area contributed by atoms with Gasteiger partial charge in [0.25, 0.3) is 17.5 Å². The molecular formula is C17H11N5O3S. The second-order valence-corrected chi connectivity index (χ2v) is 6.21. The van der Waals surface area contributed by atoms with Crippen LogP contribution in [-0.2, 0) is 0 Å². The normalized spacial score (nSPS) is 10.8. The molecule has 2 aromatic carbocycles. The van der Waals surface area contributed by atoms with Crippen molar-refractivity contribution < 1.29 is 9.72 Å². The van der Waals surface area contributed by atoms with Crippen LogP contribution in [0.25, 0.3) is 16.2 Å². The largest absolute Gasteiger partial charge is 0.289 e. The van der Waals surface area contributed by atoms with Crippen molar-refractivity contribution in [2.24, 2.45) is 0 Å². The first kappa shape index (κ1) is 15.9. The molecule has 0 bridgehead atoms. The number of aromatic nitrogens is 3. The number of nitrogens with zero attached hydrogens (tertiary/aromatic N) is 4. The van der Waals surface area contributed by atoms with Crippen molar-refractivity contribution in [2.45, 2.75) is 0 Å². The van der Waals surface area contributed by atoms with Gasteiger partial charge in [0.15, 0.2) is 0 Å². The van der Waals surface area contributed by atoms with E-state index in [-0.39, 0.29) is 17.2 Å². The van der Waals surface area contributed by atoms with Crippen molar-refractivity contribution >= 4 is 33.8 Å². The number of thiazole rings is 1. The Balaban J connectivity index is 1.58. The fourth-order valence-electron chi connectivity index (χ4n) is 2.45. The molecule has 0 aliphatic carbocycles. The predicted molar refractivity (Wildman–Crippen MR) is 97.3 cm³/mol. The van der Waals surface area contributed by atoms with Gasteiger partial charge in [-0.25, -0.2) is 4.52 Å². The molecule has 0 radical (unpaired) electrons. The van der Waals surface area contributed by atoms with Crippen LogP contribution in [0, 0.1) is 10.1 Å². The van der Waals surface area contributed by atoms with E-state index in [9.17, 15) is 14.9 Å². The average molecular weight is 365 g/mol. The summed E-state index contributed by atoms with van der Waals surface area (Å²) >= 11 is 1.42. The molecule has 0 fully saturated rings. The van der Waals surface area contributed by atoms with Gasteiger partial charge in [-0.3, -0.25) is 20.2 Å². The molecule has 2 heterocycles. The Hall–Kier alpha value is -3.59. The monoisotopic (exact) mass is 365 g/mol. The molecule has 9 heteroatoms. The number of nitro groups is 1. The van der Waals surface area contributed by atoms with Crippen molar-refractivity contribution in [3.8, 4) is 11.3 Å². The molecule has 0 atom stereocenters. The fourth-order valence-corrected chi connectivity index (χ4v) is 3.28. The number of hydrogen-bond acceptors (Lipinski definition) is 6. The highest BCUT2D eigenvalue weighted by Crippen LogP contribution is 2.25. The third-order valence-electron chi connectivity index (χ3n) is 3.72. The summed E-state index contributed by atoms with van der Waals surface area (Å²) in [7, 11) is 0. The molecule has 8 nitrogen and oxygen atoms in total. The van der Waals surface area contributed by atoms with E-state index < -0.39 is 10.8 Å². The second kappa shape index (κ2) is 6.37. The zero-order valence-electron chi connectivity index (χ0n) is 13.2. The maximum absolute atomic E-state index is 12.3. The average Bonchev–Trinajstić information content (AvgIpc) is 3.22. The van der Waals surface area contributed by atoms with E-state index in [1.165, 1.54) is 35.6 Å².